The summed E-state index contributed by atoms with van der Waals surface area (Å²) in [5, 5.41) is 27.9. The van der Waals surface area contributed by atoms with Gasteiger partial charge in [0.05, 0.1) is 5.56 Å². The molecule has 0 aliphatic carbocycles. The van der Waals surface area contributed by atoms with Crippen molar-refractivity contribution in [1.82, 2.24) is 0 Å². The van der Waals surface area contributed by atoms with Gasteiger partial charge in [-0.15, -0.1) is 0 Å². The molecule has 22 heavy (non-hydrogen) atoms. The summed E-state index contributed by atoms with van der Waals surface area (Å²) in [6.07, 6.45) is -0.675. The summed E-state index contributed by atoms with van der Waals surface area (Å²) < 4.78 is 5.20. The van der Waals surface area contributed by atoms with Crippen LogP contribution < -0.4 is 10.4 Å². The fraction of sp³-hybridized carbons (Fsp3) is 0.429. The molecule has 0 spiro atoms. The van der Waals surface area contributed by atoms with Gasteiger partial charge in [0.1, 0.15) is 5.60 Å². The minimum Gasteiger partial charge on any atom is -0.478 e. The lowest BCUT2D eigenvalue weighted by Gasteiger charge is -2.25. The van der Waals surface area contributed by atoms with Crippen LogP contribution in [0.1, 0.15) is 36.7 Å². The van der Waals surface area contributed by atoms with Crippen molar-refractivity contribution in [2.45, 2.75) is 33.3 Å². The van der Waals surface area contributed by atoms with Gasteiger partial charge in [-0.05, 0) is 50.9 Å². The van der Waals surface area contributed by atoms with Crippen molar-refractivity contribution in [3.8, 4) is 0 Å². The Morgan fingerprint density at radius 3 is 2.18 bits per heavy atom. The Morgan fingerprint density at radius 2 is 1.77 bits per heavy atom. The molecule has 0 radical (unpaired) electrons. The summed E-state index contributed by atoms with van der Waals surface area (Å²) in [5.74, 6) is -1.22. The zero-order valence-electron chi connectivity index (χ0n) is 13.2. The lowest BCUT2D eigenvalue weighted by Crippen LogP contribution is -2.37. The second kappa shape index (κ2) is 6.37. The molecule has 0 bridgehead atoms. The van der Waals surface area contributed by atoms with Gasteiger partial charge < -0.3 is 19.9 Å². The average molecular weight is 309 g/mol. The molecule has 1 amide bonds. The number of amides is 1. The van der Waals surface area contributed by atoms with E-state index in [4.69, 9.17) is 4.74 Å². The van der Waals surface area contributed by atoms with Crippen molar-refractivity contribution in [2.75, 3.05) is 11.9 Å². The molecule has 1 rings (SSSR count). The van der Waals surface area contributed by atoms with Crippen molar-refractivity contribution in [3.63, 3.8) is 0 Å². The fourth-order valence-corrected chi connectivity index (χ4v) is 1.84. The molecule has 1 aromatic carbocycles. The standard InChI is InChI=1S/C14H20BNO6/c1-8-10(12(17)18)6-9(7-11(8)15(20)21)16(5)13(19)22-14(2,3)4/h6-7,20-21H,1-5H3,(H,17,18). The second-order valence-corrected chi connectivity index (χ2v) is 5.93. The Balaban J connectivity index is 3.30. The van der Waals surface area contributed by atoms with Gasteiger partial charge in [0.2, 0.25) is 0 Å². The molecule has 0 heterocycles. The van der Waals surface area contributed by atoms with E-state index in [-0.39, 0.29) is 22.3 Å². The maximum atomic E-state index is 12.0. The van der Waals surface area contributed by atoms with Crippen LogP contribution in [0.5, 0.6) is 0 Å². The Hall–Kier alpha value is -2.06. The number of nitrogens with zero attached hydrogens (tertiary/aromatic N) is 1. The van der Waals surface area contributed by atoms with Gasteiger partial charge in [0.15, 0.2) is 0 Å². The molecular formula is C14H20BNO6. The molecule has 0 unspecified atom stereocenters. The first-order valence-corrected chi connectivity index (χ1v) is 6.64. The first-order chi connectivity index (χ1) is 9.94. The average Bonchev–Trinajstić information content (AvgIpc) is 2.35. The SMILES string of the molecule is Cc1c(B(O)O)cc(N(C)C(=O)OC(C)(C)C)cc1C(=O)O. The zero-order chi connectivity index (χ0) is 17.2. The minimum absolute atomic E-state index is 0.0188. The highest BCUT2D eigenvalue weighted by atomic mass is 16.6. The third-order valence-electron chi connectivity index (χ3n) is 3.00. The molecule has 0 aliphatic rings. The van der Waals surface area contributed by atoms with E-state index in [1.807, 2.05) is 0 Å². The molecule has 0 fully saturated rings. The predicted molar refractivity (Wildman–Crippen MR) is 82.6 cm³/mol. The van der Waals surface area contributed by atoms with Gasteiger partial charge in [-0.2, -0.15) is 0 Å². The summed E-state index contributed by atoms with van der Waals surface area (Å²) in [6.45, 7) is 6.59. The van der Waals surface area contributed by atoms with Crippen LogP contribution in [0.4, 0.5) is 10.5 Å². The van der Waals surface area contributed by atoms with Crippen LogP contribution in [-0.4, -0.2) is 47.0 Å². The maximum absolute atomic E-state index is 12.0. The van der Waals surface area contributed by atoms with Gasteiger partial charge in [-0.25, -0.2) is 9.59 Å². The van der Waals surface area contributed by atoms with Crippen LogP contribution in [0.3, 0.4) is 0 Å². The highest BCUT2D eigenvalue weighted by molar-refractivity contribution is 6.59. The van der Waals surface area contributed by atoms with Crippen molar-refractivity contribution in [1.29, 1.82) is 0 Å². The molecule has 0 aliphatic heterocycles. The summed E-state index contributed by atoms with van der Waals surface area (Å²) in [6, 6.07) is 2.63. The molecule has 3 N–H and O–H groups in total. The van der Waals surface area contributed by atoms with E-state index in [9.17, 15) is 24.7 Å². The third-order valence-corrected chi connectivity index (χ3v) is 3.00. The van der Waals surface area contributed by atoms with E-state index in [0.717, 1.165) is 4.90 Å². The Kier molecular flexibility index (Phi) is 5.21. The second-order valence-electron chi connectivity index (χ2n) is 5.93. The number of carbonyl (C=O) groups is 2. The normalized spacial score (nSPS) is 11.0. The first kappa shape index (κ1) is 18.0. The Labute approximate surface area is 129 Å². The van der Waals surface area contributed by atoms with Gasteiger partial charge in [-0.3, -0.25) is 4.90 Å². The van der Waals surface area contributed by atoms with E-state index < -0.39 is 24.8 Å². The molecule has 1 aromatic rings. The molecule has 0 saturated heterocycles. The van der Waals surface area contributed by atoms with Crippen LogP contribution in [0.2, 0.25) is 0 Å². The Bertz CT molecular complexity index is 594. The molecular weight excluding hydrogens is 289 g/mol. The highest BCUT2D eigenvalue weighted by Gasteiger charge is 2.25. The smallest absolute Gasteiger partial charge is 0.478 e. The van der Waals surface area contributed by atoms with Crippen molar-refractivity contribution in [2.24, 2.45) is 0 Å². The van der Waals surface area contributed by atoms with Gasteiger partial charge in [0, 0.05) is 12.7 Å². The summed E-state index contributed by atoms with van der Waals surface area (Å²) >= 11 is 0. The van der Waals surface area contributed by atoms with Gasteiger partial charge >= 0.3 is 19.2 Å². The summed E-state index contributed by atoms with van der Waals surface area (Å²) in [7, 11) is -0.428. The van der Waals surface area contributed by atoms with Gasteiger partial charge in [-0.1, -0.05) is 0 Å². The minimum atomic E-state index is -1.84. The molecule has 0 atom stereocenters. The maximum Gasteiger partial charge on any atom is 0.488 e. The number of rotatable bonds is 3. The van der Waals surface area contributed by atoms with Crippen LogP contribution in [0, 0.1) is 6.92 Å². The van der Waals surface area contributed by atoms with E-state index in [1.165, 1.54) is 26.1 Å². The largest absolute Gasteiger partial charge is 0.488 e. The molecule has 120 valence electrons. The predicted octanol–water partition coefficient (Wildman–Crippen LogP) is 0.744. The molecule has 8 heteroatoms. The number of benzene rings is 1. The number of anilines is 1. The van der Waals surface area contributed by atoms with Gasteiger partial charge in [0.25, 0.3) is 0 Å². The molecule has 0 aromatic heterocycles. The lowest BCUT2D eigenvalue weighted by atomic mass is 9.75. The first-order valence-electron chi connectivity index (χ1n) is 6.64. The third kappa shape index (κ3) is 4.22. The topological polar surface area (TPSA) is 107 Å². The number of hydrogen-bond acceptors (Lipinski definition) is 5. The van der Waals surface area contributed by atoms with E-state index in [2.05, 4.69) is 0 Å². The number of aromatic carboxylic acids is 1. The van der Waals surface area contributed by atoms with Crippen LogP contribution >= 0.6 is 0 Å². The number of carboxylic acids is 1. The van der Waals surface area contributed by atoms with Crippen molar-refractivity contribution < 1.29 is 29.5 Å². The summed E-state index contributed by atoms with van der Waals surface area (Å²) in [5.41, 5.74) is -0.379. The number of ether oxygens (including phenoxy) is 1. The highest BCUT2D eigenvalue weighted by Crippen LogP contribution is 2.20. The van der Waals surface area contributed by atoms with Crippen molar-refractivity contribution in [3.05, 3.63) is 23.3 Å². The van der Waals surface area contributed by atoms with E-state index >= 15 is 0 Å². The number of hydrogen-bond donors (Lipinski definition) is 3. The quantitative estimate of drug-likeness (QED) is 0.711. The number of carboxylic acid groups (broad SMARTS) is 1. The van der Waals surface area contributed by atoms with Crippen molar-refractivity contribution >= 4 is 30.3 Å². The molecule has 7 nitrogen and oxygen atoms in total. The van der Waals surface area contributed by atoms with Crippen LogP contribution in [0.15, 0.2) is 12.1 Å². The zero-order valence-corrected chi connectivity index (χ0v) is 13.2. The number of carbonyl (C=O) groups excluding carboxylic acids is 1. The molecule has 0 saturated carbocycles. The Morgan fingerprint density at radius 1 is 1.23 bits per heavy atom. The lowest BCUT2D eigenvalue weighted by molar-refractivity contribution is 0.0587. The van der Waals surface area contributed by atoms with E-state index in [0.29, 0.717) is 0 Å². The fourth-order valence-electron chi connectivity index (χ4n) is 1.84. The summed E-state index contributed by atoms with van der Waals surface area (Å²) in [4.78, 5) is 24.4. The van der Waals surface area contributed by atoms with Crippen LogP contribution in [0.25, 0.3) is 0 Å². The monoisotopic (exact) mass is 309 g/mol. The van der Waals surface area contributed by atoms with Crippen LogP contribution in [-0.2, 0) is 4.74 Å². The van der Waals surface area contributed by atoms with E-state index in [1.54, 1.807) is 20.8 Å².